The molecule has 0 saturated heterocycles. The second-order valence-corrected chi connectivity index (χ2v) is 7.69. The van der Waals surface area contributed by atoms with Gasteiger partial charge in [0.05, 0.1) is 16.6 Å². The molecule has 0 spiro atoms. The average molecular weight is 368 g/mol. The lowest BCUT2D eigenvalue weighted by Gasteiger charge is -2.13. The maximum atomic E-state index is 5.12. The number of fused-ring (bicyclic) bond motifs is 11. The summed E-state index contributed by atoms with van der Waals surface area (Å²) in [5.74, 6) is 0. The lowest BCUT2D eigenvalue weighted by atomic mass is 9.99. The van der Waals surface area contributed by atoms with Crippen molar-refractivity contribution in [2.75, 3.05) is 0 Å². The van der Waals surface area contributed by atoms with E-state index in [1.807, 2.05) is 0 Å². The van der Waals surface area contributed by atoms with Crippen LogP contribution in [-0.4, -0.2) is 9.38 Å². The van der Waals surface area contributed by atoms with Gasteiger partial charge in [-0.15, -0.1) is 0 Å². The molecular formula is C27H16N2. The summed E-state index contributed by atoms with van der Waals surface area (Å²) in [4.78, 5) is 5.12. The third kappa shape index (κ3) is 1.93. The van der Waals surface area contributed by atoms with Crippen LogP contribution in [0.25, 0.3) is 59.9 Å². The SMILES string of the molecule is c1ccc2nc3c(cc2c1)c1ccc2ccccc2c1c1cc2ccccc2n13. The molecule has 0 radical (unpaired) electrons. The first kappa shape index (κ1) is 15.1. The summed E-state index contributed by atoms with van der Waals surface area (Å²) >= 11 is 0. The maximum absolute atomic E-state index is 5.12. The Bertz CT molecular complexity index is 1760. The Morgan fingerprint density at radius 2 is 1.28 bits per heavy atom. The van der Waals surface area contributed by atoms with E-state index in [0.717, 1.165) is 11.2 Å². The van der Waals surface area contributed by atoms with Gasteiger partial charge in [-0.05, 0) is 40.4 Å². The van der Waals surface area contributed by atoms with Crippen molar-refractivity contribution in [3.05, 3.63) is 97.1 Å². The van der Waals surface area contributed by atoms with Crippen molar-refractivity contribution in [1.29, 1.82) is 0 Å². The minimum absolute atomic E-state index is 1.02. The van der Waals surface area contributed by atoms with Gasteiger partial charge < -0.3 is 0 Å². The zero-order valence-electron chi connectivity index (χ0n) is 15.6. The van der Waals surface area contributed by atoms with Crippen molar-refractivity contribution in [1.82, 2.24) is 9.38 Å². The molecule has 4 aromatic carbocycles. The molecule has 2 heteroatoms. The number of aromatic nitrogens is 2. The predicted molar refractivity (Wildman–Crippen MR) is 123 cm³/mol. The molecule has 0 aliphatic heterocycles. The van der Waals surface area contributed by atoms with Gasteiger partial charge in [0.25, 0.3) is 0 Å². The van der Waals surface area contributed by atoms with Crippen LogP contribution < -0.4 is 0 Å². The molecule has 3 aromatic heterocycles. The van der Waals surface area contributed by atoms with Crippen LogP contribution in [0.2, 0.25) is 0 Å². The van der Waals surface area contributed by atoms with Crippen molar-refractivity contribution >= 4 is 59.9 Å². The topological polar surface area (TPSA) is 17.3 Å². The van der Waals surface area contributed by atoms with Crippen molar-refractivity contribution in [3.63, 3.8) is 0 Å². The van der Waals surface area contributed by atoms with Gasteiger partial charge in [-0.3, -0.25) is 4.40 Å². The Kier molecular flexibility index (Phi) is 2.77. The quantitative estimate of drug-likeness (QED) is 0.206. The largest absolute Gasteiger partial charge is 0.293 e. The molecule has 0 fully saturated rings. The molecule has 0 aliphatic carbocycles. The summed E-state index contributed by atoms with van der Waals surface area (Å²) in [5.41, 5.74) is 4.46. The fourth-order valence-corrected chi connectivity index (χ4v) is 4.81. The van der Waals surface area contributed by atoms with Gasteiger partial charge >= 0.3 is 0 Å². The van der Waals surface area contributed by atoms with Crippen LogP contribution in [0.3, 0.4) is 0 Å². The normalized spacial score (nSPS) is 12.1. The van der Waals surface area contributed by atoms with Crippen LogP contribution >= 0.6 is 0 Å². The fraction of sp³-hybridized carbons (Fsp3) is 0. The van der Waals surface area contributed by atoms with E-state index < -0.39 is 0 Å². The maximum Gasteiger partial charge on any atom is 0.146 e. The van der Waals surface area contributed by atoms with E-state index >= 15 is 0 Å². The summed E-state index contributed by atoms with van der Waals surface area (Å²) in [7, 11) is 0. The highest BCUT2D eigenvalue weighted by molar-refractivity contribution is 6.24. The molecule has 0 saturated carbocycles. The summed E-state index contributed by atoms with van der Waals surface area (Å²) < 4.78 is 2.34. The van der Waals surface area contributed by atoms with E-state index in [-0.39, 0.29) is 0 Å². The fourth-order valence-electron chi connectivity index (χ4n) is 4.81. The number of nitrogens with zero attached hydrogens (tertiary/aromatic N) is 2. The summed E-state index contributed by atoms with van der Waals surface area (Å²) in [6.07, 6.45) is 0. The molecule has 134 valence electrons. The average Bonchev–Trinajstić information content (AvgIpc) is 3.17. The zero-order chi connectivity index (χ0) is 18.9. The molecule has 0 N–H and O–H groups in total. The predicted octanol–water partition coefficient (Wildman–Crippen LogP) is 7.10. The van der Waals surface area contributed by atoms with Crippen LogP contribution in [0.5, 0.6) is 0 Å². The first-order valence-electron chi connectivity index (χ1n) is 9.92. The van der Waals surface area contributed by atoms with Crippen molar-refractivity contribution in [2.24, 2.45) is 0 Å². The van der Waals surface area contributed by atoms with Gasteiger partial charge in [0.15, 0.2) is 0 Å². The van der Waals surface area contributed by atoms with Gasteiger partial charge in [-0.25, -0.2) is 4.98 Å². The molecule has 0 unspecified atom stereocenters. The zero-order valence-corrected chi connectivity index (χ0v) is 15.6. The van der Waals surface area contributed by atoms with Gasteiger partial charge in [-0.1, -0.05) is 72.8 Å². The Hall–Kier alpha value is -3.91. The minimum atomic E-state index is 1.02. The van der Waals surface area contributed by atoms with E-state index in [0.29, 0.717) is 0 Å². The number of hydrogen-bond donors (Lipinski definition) is 0. The van der Waals surface area contributed by atoms with E-state index in [4.69, 9.17) is 4.98 Å². The highest BCUT2D eigenvalue weighted by Crippen LogP contribution is 2.38. The van der Waals surface area contributed by atoms with Crippen molar-refractivity contribution < 1.29 is 0 Å². The third-order valence-corrected chi connectivity index (χ3v) is 6.10. The second kappa shape index (κ2) is 5.33. The first-order chi connectivity index (χ1) is 14.4. The molecule has 0 aliphatic rings. The molecule has 0 bridgehead atoms. The minimum Gasteiger partial charge on any atom is -0.293 e. The highest BCUT2D eigenvalue weighted by Gasteiger charge is 2.15. The molecule has 0 atom stereocenters. The van der Waals surface area contributed by atoms with Crippen LogP contribution in [0, 0.1) is 0 Å². The second-order valence-electron chi connectivity index (χ2n) is 7.69. The van der Waals surface area contributed by atoms with Gasteiger partial charge in [-0.2, -0.15) is 0 Å². The number of hydrogen-bond acceptors (Lipinski definition) is 1. The van der Waals surface area contributed by atoms with Crippen molar-refractivity contribution in [3.8, 4) is 0 Å². The lowest BCUT2D eigenvalue weighted by molar-refractivity contribution is 1.28. The van der Waals surface area contributed by atoms with Crippen LogP contribution in [0.1, 0.15) is 0 Å². The highest BCUT2D eigenvalue weighted by atomic mass is 15.0. The van der Waals surface area contributed by atoms with E-state index in [1.54, 1.807) is 0 Å². The van der Waals surface area contributed by atoms with E-state index in [1.165, 1.54) is 48.7 Å². The molecule has 7 aromatic rings. The molecule has 0 amide bonds. The molecular weight excluding hydrogens is 352 g/mol. The Balaban J connectivity index is 1.90. The Morgan fingerprint density at radius 3 is 2.21 bits per heavy atom. The number of rotatable bonds is 0. The van der Waals surface area contributed by atoms with Crippen LogP contribution in [0.4, 0.5) is 0 Å². The summed E-state index contributed by atoms with van der Waals surface area (Å²) in [5, 5.41) is 8.71. The van der Waals surface area contributed by atoms with Crippen LogP contribution in [-0.2, 0) is 0 Å². The Morgan fingerprint density at radius 1 is 0.517 bits per heavy atom. The van der Waals surface area contributed by atoms with Crippen LogP contribution in [0.15, 0.2) is 97.1 Å². The molecule has 2 nitrogen and oxygen atoms in total. The standard InChI is InChI=1S/C27H16N2/c1-4-10-20-17(7-1)13-14-21-22-15-18-8-2-5-11-23(18)28-27(22)29-24-12-6-3-9-19(24)16-25(29)26(20)21/h1-16H. The van der Waals surface area contributed by atoms with Gasteiger partial charge in [0.2, 0.25) is 0 Å². The number of para-hydroxylation sites is 2. The van der Waals surface area contributed by atoms with E-state index in [9.17, 15) is 0 Å². The molecule has 29 heavy (non-hydrogen) atoms. The molecule has 7 rings (SSSR count). The van der Waals surface area contributed by atoms with Gasteiger partial charge in [0.1, 0.15) is 5.65 Å². The first-order valence-corrected chi connectivity index (χ1v) is 9.92. The Labute approximate surface area is 166 Å². The monoisotopic (exact) mass is 368 g/mol. The summed E-state index contributed by atoms with van der Waals surface area (Å²) in [6, 6.07) is 34.7. The lowest BCUT2D eigenvalue weighted by Crippen LogP contribution is -1.95. The summed E-state index contributed by atoms with van der Waals surface area (Å²) in [6.45, 7) is 0. The van der Waals surface area contributed by atoms with Crippen molar-refractivity contribution in [2.45, 2.75) is 0 Å². The van der Waals surface area contributed by atoms with E-state index in [2.05, 4.69) is 101 Å². The molecule has 3 heterocycles. The van der Waals surface area contributed by atoms with Gasteiger partial charge in [0, 0.05) is 21.5 Å². The number of pyridine rings is 2. The smallest absolute Gasteiger partial charge is 0.146 e. The third-order valence-electron chi connectivity index (χ3n) is 6.10. The number of benzene rings is 4.